The van der Waals surface area contributed by atoms with Gasteiger partial charge in [0.2, 0.25) is 11.7 Å². The molecule has 3 aromatic carbocycles. The Labute approximate surface area is 184 Å². The van der Waals surface area contributed by atoms with Crippen molar-refractivity contribution in [2.24, 2.45) is 0 Å². The number of ether oxygens (including phenoxy) is 3. The standard InChI is InChI=1S/C26H29NO4/c1-26(20-11-7-5-8-12-20,21-13-9-6-10-14-21)18-27-24(28)17-19-15-22(29-2)25(31-4)23(16-19)30-3/h5-16H,17-18H2,1-4H3,(H,27,28). The predicted molar refractivity (Wildman–Crippen MR) is 122 cm³/mol. The Morgan fingerprint density at radius 1 is 0.806 bits per heavy atom. The van der Waals surface area contributed by atoms with E-state index in [0.29, 0.717) is 23.8 Å². The highest BCUT2D eigenvalue weighted by atomic mass is 16.5. The van der Waals surface area contributed by atoms with Gasteiger partial charge in [-0.15, -0.1) is 0 Å². The minimum atomic E-state index is -0.354. The highest BCUT2D eigenvalue weighted by Crippen LogP contribution is 2.38. The minimum absolute atomic E-state index is 0.0765. The molecule has 1 N–H and O–H groups in total. The number of hydrogen-bond acceptors (Lipinski definition) is 4. The number of rotatable bonds is 9. The van der Waals surface area contributed by atoms with Crippen LogP contribution < -0.4 is 19.5 Å². The summed E-state index contributed by atoms with van der Waals surface area (Å²) in [5.41, 5.74) is 2.73. The Balaban J connectivity index is 1.80. The second kappa shape index (κ2) is 10.0. The third kappa shape index (κ3) is 5.00. The molecule has 0 bridgehead atoms. The first-order chi connectivity index (χ1) is 15.0. The lowest BCUT2D eigenvalue weighted by Gasteiger charge is -2.31. The smallest absolute Gasteiger partial charge is 0.224 e. The van der Waals surface area contributed by atoms with E-state index in [0.717, 1.165) is 16.7 Å². The fourth-order valence-electron chi connectivity index (χ4n) is 3.74. The number of methoxy groups -OCH3 is 3. The van der Waals surface area contributed by atoms with Crippen molar-refractivity contribution >= 4 is 5.91 Å². The average molecular weight is 420 g/mol. The van der Waals surface area contributed by atoms with Crippen LogP contribution in [0.15, 0.2) is 72.8 Å². The van der Waals surface area contributed by atoms with Gasteiger partial charge >= 0.3 is 0 Å². The quantitative estimate of drug-likeness (QED) is 0.559. The van der Waals surface area contributed by atoms with Gasteiger partial charge in [0.25, 0.3) is 0 Å². The summed E-state index contributed by atoms with van der Waals surface area (Å²) < 4.78 is 16.1. The summed E-state index contributed by atoms with van der Waals surface area (Å²) in [5, 5.41) is 3.12. The molecule has 0 spiro atoms. The Hall–Kier alpha value is -3.47. The molecule has 162 valence electrons. The molecule has 3 rings (SSSR count). The van der Waals surface area contributed by atoms with Crippen LogP contribution in [0.4, 0.5) is 0 Å². The van der Waals surface area contributed by atoms with Crippen molar-refractivity contribution in [2.75, 3.05) is 27.9 Å². The van der Waals surface area contributed by atoms with Crippen LogP contribution in [0.2, 0.25) is 0 Å². The van der Waals surface area contributed by atoms with E-state index < -0.39 is 0 Å². The van der Waals surface area contributed by atoms with Gasteiger partial charge in [0.1, 0.15) is 0 Å². The fraction of sp³-hybridized carbons (Fsp3) is 0.269. The maximum atomic E-state index is 12.9. The molecule has 5 nitrogen and oxygen atoms in total. The molecule has 0 saturated heterocycles. The van der Waals surface area contributed by atoms with Gasteiger partial charge in [-0.05, 0) is 35.7 Å². The maximum Gasteiger partial charge on any atom is 0.224 e. The molecule has 0 aliphatic rings. The summed E-state index contributed by atoms with van der Waals surface area (Å²) in [6, 6.07) is 24.1. The van der Waals surface area contributed by atoms with Crippen molar-refractivity contribution in [3.05, 3.63) is 89.5 Å². The van der Waals surface area contributed by atoms with Crippen LogP contribution >= 0.6 is 0 Å². The third-order valence-corrected chi connectivity index (χ3v) is 5.55. The highest BCUT2D eigenvalue weighted by Gasteiger charge is 2.29. The molecule has 0 aliphatic heterocycles. The highest BCUT2D eigenvalue weighted by molar-refractivity contribution is 5.79. The SMILES string of the molecule is COc1cc(CC(=O)NCC(C)(c2ccccc2)c2ccccc2)cc(OC)c1OC. The van der Waals surface area contributed by atoms with Crippen molar-refractivity contribution in [3.63, 3.8) is 0 Å². The summed E-state index contributed by atoms with van der Waals surface area (Å²) in [7, 11) is 4.68. The lowest BCUT2D eigenvalue weighted by molar-refractivity contribution is -0.120. The molecule has 1 amide bonds. The van der Waals surface area contributed by atoms with E-state index in [4.69, 9.17) is 14.2 Å². The fourth-order valence-corrected chi connectivity index (χ4v) is 3.74. The van der Waals surface area contributed by atoms with Crippen LogP contribution in [0.25, 0.3) is 0 Å². The van der Waals surface area contributed by atoms with E-state index in [9.17, 15) is 4.79 Å². The van der Waals surface area contributed by atoms with Gasteiger partial charge in [-0.2, -0.15) is 0 Å². The van der Waals surface area contributed by atoms with Gasteiger partial charge in [0.05, 0.1) is 27.8 Å². The minimum Gasteiger partial charge on any atom is -0.493 e. The van der Waals surface area contributed by atoms with Gasteiger partial charge in [-0.3, -0.25) is 4.79 Å². The molecule has 5 heteroatoms. The molecule has 0 heterocycles. The lowest BCUT2D eigenvalue weighted by atomic mass is 9.76. The number of nitrogens with one attached hydrogen (secondary N) is 1. The van der Waals surface area contributed by atoms with Crippen LogP contribution in [-0.2, 0) is 16.6 Å². The van der Waals surface area contributed by atoms with Gasteiger partial charge in [0.15, 0.2) is 11.5 Å². The van der Waals surface area contributed by atoms with E-state index in [1.807, 2.05) is 36.4 Å². The van der Waals surface area contributed by atoms with Crippen LogP contribution in [-0.4, -0.2) is 33.8 Å². The van der Waals surface area contributed by atoms with Crippen LogP contribution in [0.3, 0.4) is 0 Å². The molecule has 3 aromatic rings. The predicted octanol–water partition coefficient (Wildman–Crippen LogP) is 4.38. The first kappa shape index (κ1) is 22.2. The molecule has 31 heavy (non-hydrogen) atoms. The molecule has 0 aliphatic carbocycles. The van der Waals surface area contributed by atoms with Crippen LogP contribution in [0.5, 0.6) is 17.2 Å². The second-order valence-corrected chi connectivity index (χ2v) is 7.55. The summed E-state index contributed by atoms with van der Waals surface area (Å²) in [5.74, 6) is 1.49. The number of benzene rings is 3. The maximum absolute atomic E-state index is 12.9. The zero-order chi connectivity index (χ0) is 22.3. The van der Waals surface area contributed by atoms with E-state index in [1.165, 1.54) is 0 Å². The number of amides is 1. The summed E-state index contributed by atoms with van der Waals surface area (Å²) in [6.45, 7) is 2.63. The molecule has 0 saturated carbocycles. The molecule has 0 unspecified atom stereocenters. The van der Waals surface area contributed by atoms with Crippen molar-refractivity contribution in [2.45, 2.75) is 18.8 Å². The van der Waals surface area contributed by atoms with Gasteiger partial charge < -0.3 is 19.5 Å². The number of carbonyl (C=O) groups excluding carboxylic acids is 1. The van der Waals surface area contributed by atoms with Crippen molar-refractivity contribution in [1.29, 1.82) is 0 Å². The van der Waals surface area contributed by atoms with Crippen molar-refractivity contribution in [3.8, 4) is 17.2 Å². The van der Waals surface area contributed by atoms with Crippen LogP contribution in [0, 0.1) is 0 Å². The number of carbonyl (C=O) groups is 1. The molecule has 0 fully saturated rings. The van der Waals surface area contributed by atoms with Crippen LogP contribution in [0.1, 0.15) is 23.6 Å². The zero-order valence-corrected chi connectivity index (χ0v) is 18.5. The normalized spacial score (nSPS) is 11.0. The Morgan fingerprint density at radius 2 is 1.29 bits per heavy atom. The van der Waals surface area contributed by atoms with E-state index in [2.05, 4.69) is 36.5 Å². The topological polar surface area (TPSA) is 56.8 Å². The molecular weight excluding hydrogens is 390 g/mol. The third-order valence-electron chi connectivity index (χ3n) is 5.55. The average Bonchev–Trinajstić information content (AvgIpc) is 2.83. The molecular formula is C26H29NO4. The Kier molecular flexibility index (Phi) is 7.19. The van der Waals surface area contributed by atoms with E-state index >= 15 is 0 Å². The molecule has 0 radical (unpaired) electrons. The van der Waals surface area contributed by atoms with Gasteiger partial charge in [-0.1, -0.05) is 60.7 Å². The van der Waals surface area contributed by atoms with Gasteiger partial charge in [0, 0.05) is 12.0 Å². The first-order valence-corrected chi connectivity index (χ1v) is 10.2. The lowest BCUT2D eigenvalue weighted by Crippen LogP contribution is -2.40. The van der Waals surface area contributed by atoms with Gasteiger partial charge in [-0.25, -0.2) is 0 Å². The molecule has 0 aromatic heterocycles. The first-order valence-electron chi connectivity index (χ1n) is 10.2. The van der Waals surface area contributed by atoms with E-state index in [-0.39, 0.29) is 17.7 Å². The monoisotopic (exact) mass is 419 g/mol. The van der Waals surface area contributed by atoms with E-state index in [1.54, 1.807) is 33.5 Å². The number of hydrogen-bond donors (Lipinski definition) is 1. The molecule has 0 atom stereocenters. The van der Waals surface area contributed by atoms with Crippen molar-refractivity contribution in [1.82, 2.24) is 5.32 Å². The van der Waals surface area contributed by atoms with Crippen molar-refractivity contribution < 1.29 is 19.0 Å². The largest absolute Gasteiger partial charge is 0.493 e. The second-order valence-electron chi connectivity index (χ2n) is 7.55. The summed E-state index contributed by atoms with van der Waals surface area (Å²) in [4.78, 5) is 12.9. The Bertz CT molecular complexity index is 938. The summed E-state index contributed by atoms with van der Waals surface area (Å²) in [6.07, 6.45) is 0.205. The zero-order valence-electron chi connectivity index (χ0n) is 18.5. The Morgan fingerprint density at radius 3 is 1.71 bits per heavy atom. The summed E-state index contributed by atoms with van der Waals surface area (Å²) >= 11 is 0.